The molecule has 2 aromatic rings. The quantitative estimate of drug-likeness (QED) is 0.947. The number of nitrogens with one attached hydrogen (secondary N) is 1. The second-order valence-corrected chi connectivity index (χ2v) is 5.63. The lowest BCUT2D eigenvalue weighted by Gasteiger charge is -2.23. The normalized spacial score (nSPS) is 15.8. The number of fused-ring (bicyclic) bond motifs is 1. The Morgan fingerprint density at radius 1 is 1.41 bits per heavy atom. The molecule has 1 fully saturated rings. The Balaban J connectivity index is 1.81. The highest BCUT2D eigenvalue weighted by Gasteiger charge is 2.31. The monoisotopic (exact) mass is 311 g/mol. The summed E-state index contributed by atoms with van der Waals surface area (Å²) < 4.78 is 39.9. The molecule has 1 aliphatic carbocycles. The van der Waals surface area contributed by atoms with Gasteiger partial charge in [-0.2, -0.15) is 13.2 Å². The molecule has 7 heteroatoms. The Labute approximate surface area is 125 Å². The first-order valence-electron chi connectivity index (χ1n) is 7.16. The van der Waals surface area contributed by atoms with Gasteiger partial charge in [0.05, 0.1) is 23.1 Å². The van der Waals surface area contributed by atoms with Gasteiger partial charge in [-0.25, -0.2) is 4.98 Å². The molecule has 0 bridgehead atoms. The number of benzene rings is 1. The van der Waals surface area contributed by atoms with Crippen molar-refractivity contribution >= 4 is 16.9 Å². The van der Waals surface area contributed by atoms with Crippen molar-refractivity contribution < 1.29 is 18.0 Å². The average Bonchev–Trinajstić information content (AvgIpc) is 2.70. The van der Waals surface area contributed by atoms with Crippen LogP contribution in [0.15, 0.2) is 18.2 Å². The summed E-state index contributed by atoms with van der Waals surface area (Å²) in [6, 6.07) is 3.48. The second-order valence-electron chi connectivity index (χ2n) is 5.63. The van der Waals surface area contributed by atoms with E-state index in [2.05, 4.69) is 10.3 Å². The number of nitrogens with zero attached hydrogens (tertiary/aromatic N) is 2. The van der Waals surface area contributed by atoms with Crippen molar-refractivity contribution in [3.63, 3.8) is 0 Å². The third kappa shape index (κ3) is 2.67. The molecule has 1 aromatic carbocycles. The van der Waals surface area contributed by atoms with Crippen LogP contribution in [0.1, 0.15) is 30.7 Å². The van der Waals surface area contributed by atoms with Crippen LogP contribution in [0, 0.1) is 5.92 Å². The van der Waals surface area contributed by atoms with E-state index in [4.69, 9.17) is 0 Å². The van der Waals surface area contributed by atoms with Gasteiger partial charge in [-0.15, -0.1) is 0 Å². The predicted octanol–water partition coefficient (Wildman–Crippen LogP) is 3.01. The molecule has 3 rings (SSSR count). The Kier molecular flexibility index (Phi) is 3.58. The number of imidazole rings is 1. The van der Waals surface area contributed by atoms with Gasteiger partial charge in [-0.1, -0.05) is 6.42 Å². The lowest BCUT2D eigenvalue weighted by Crippen LogP contribution is -2.34. The number of rotatable bonds is 3. The molecule has 0 atom stereocenters. The van der Waals surface area contributed by atoms with Gasteiger partial charge >= 0.3 is 6.18 Å². The minimum atomic E-state index is -4.38. The van der Waals surface area contributed by atoms with Gasteiger partial charge in [0.25, 0.3) is 0 Å². The number of amides is 1. The molecule has 1 heterocycles. The highest BCUT2D eigenvalue weighted by Crippen LogP contribution is 2.31. The van der Waals surface area contributed by atoms with Crippen LogP contribution in [0.25, 0.3) is 11.0 Å². The standard InChI is InChI=1S/C15H16F3N3O/c1-21-12-6-5-10(15(16,17)18)7-11(12)20-13(21)8-19-14(22)9-3-2-4-9/h5-7,9H,2-4,8H2,1H3,(H,19,22). The molecular weight excluding hydrogens is 295 g/mol. The van der Waals surface area contributed by atoms with E-state index in [-0.39, 0.29) is 23.9 Å². The first-order chi connectivity index (χ1) is 10.4. The first-order valence-corrected chi connectivity index (χ1v) is 7.16. The van der Waals surface area contributed by atoms with Crippen LogP contribution >= 0.6 is 0 Å². The summed E-state index contributed by atoms with van der Waals surface area (Å²) >= 11 is 0. The number of hydrogen-bond donors (Lipinski definition) is 1. The molecule has 0 saturated heterocycles. The van der Waals surface area contributed by atoms with E-state index < -0.39 is 11.7 Å². The molecule has 22 heavy (non-hydrogen) atoms. The maximum absolute atomic E-state index is 12.7. The van der Waals surface area contributed by atoms with E-state index in [0.717, 1.165) is 31.4 Å². The molecule has 0 spiro atoms. The average molecular weight is 311 g/mol. The van der Waals surface area contributed by atoms with Gasteiger partial charge in [-0.05, 0) is 31.0 Å². The SMILES string of the molecule is Cn1c(CNC(=O)C2CCC2)nc2cc(C(F)(F)F)ccc21. The summed E-state index contributed by atoms with van der Waals surface area (Å²) in [5, 5.41) is 2.80. The minimum Gasteiger partial charge on any atom is -0.349 e. The van der Waals surface area contributed by atoms with Crippen LogP contribution in [0.4, 0.5) is 13.2 Å². The number of carbonyl (C=O) groups excluding carboxylic acids is 1. The summed E-state index contributed by atoms with van der Waals surface area (Å²) in [5.41, 5.74) is 0.175. The van der Waals surface area contributed by atoms with Crippen LogP contribution in [-0.4, -0.2) is 15.5 Å². The van der Waals surface area contributed by atoms with Gasteiger partial charge < -0.3 is 9.88 Å². The van der Waals surface area contributed by atoms with Gasteiger partial charge in [-0.3, -0.25) is 4.79 Å². The van der Waals surface area contributed by atoms with Crippen molar-refractivity contribution in [2.24, 2.45) is 13.0 Å². The fourth-order valence-electron chi connectivity index (χ4n) is 2.57. The number of halogens is 3. The summed E-state index contributed by atoms with van der Waals surface area (Å²) in [6.07, 6.45) is -1.50. The van der Waals surface area contributed by atoms with Crippen molar-refractivity contribution in [3.05, 3.63) is 29.6 Å². The Morgan fingerprint density at radius 3 is 2.73 bits per heavy atom. The zero-order valence-corrected chi connectivity index (χ0v) is 12.1. The van der Waals surface area contributed by atoms with E-state index in [1.165, 1.54) is 6.07 Å². The molecule has 1 aliphatic rings. The van der Waals surface area contributed by atoms with E-state index in [1.807, 2.05) is 0 Å². The van der Waals surface area contributed by atoms with E-state index >= 15 is 0 Å². The van der Waals surface area contributed by atoms with Crippen LogP contribution in [-0.2, 0) is 24.6 Å². The summed E-state index contributed by atoms with van der Waals surface area (Å²) in [5.74, 6) is 0.614. The number of hydrogen-bond acceptors (Lipinski definition) is 2. The summed E-state index contributed by atoms with van der Waals surface area (Å²) in [4.78, 5) is 16.0. The molecule has 1 aromatic heterocycles. The number of aryl methyl sites for hydroxylation is 1. The summed E-state index contributed by atoms with van der Waals surface area (Å²) in [6.45, 7) is 0.224. The fraction of sp³-hybridized carbons (Fsp3) is 0.467. The molecule has 1 saturated carbocycles. The second kappa shape index (κ2) is 5.30. The first kappa shape index (κ1) is 14.9. The fourth-order valence-corrected chi connectivity index (χ4v) is 2.57. The van der Waals surface area contributed by atoms with Crippen molar-refractivity contribution in [3.8, 4) is 0 Å². The Bertz CT molecular complexity index is 717. The molecule has 0 unspecified atom stereocenters. The summed E-state index contributed by atoms with van der Waals surface area (Å²) in [7, 11) is 1.73. The zero-order valence-electron chi connectivity index (χ0n) is 12.1. The topological polar surface area (TPSA) is 46.9 Å². The van der Waals surface area contributed by atoms with Crippen molar-refractivity contribution in [1.82, 2.24) is 14.9 Å². The lowest BCUT2D eigenvalue weighted by atomic mass is 9.85. The van der Waals surface area contributed by atoms with Gasteiger partial charge in [0.2, 0.25) is 5.91 Å². The smallest absolute Gasteiger partial charge is 0.349 e. The number of alkyl halides is 3. The number of aromatic nitrogens is 2. The van der Waals surface area contributed by atoms with Crippen molar-refractivity contribution in [1.29, 1.82) is 0 Å². The maximum atomic E-state index is 12.7. The molecule has 0 radical (unpaired) electrons. The van der Waals surface area contributed by atoms with Gasteiger partial charge in [0.15, 0.2) is 0 Å². The number of carbonyl (C=O) groups is 1. The third-order valence-corrected chi connectivity index (χ3v) is 4.20. The highest BCUT2D eigenvalue weighted by atomic mass is 19.4. The largest absolute Gasteiger partial charge is 0.416 e. The predicted molar refractivity (Wildman–Crippen MR) is 74.9 cm³/mol. The molecule has 1 amide bonds. The zero-order chi connectivity index (χ0) is 15.9. The maximum Gasteiger partial charge on any atom is 0.416 e. The van der Waals surface area contributed by atoms with Crippen molar-refractivity contribution in [2.45, 2.75) is 32.0 Å². The molecule has 0 aliphatic heterocycles. The highest BCUT2D eigenvalue weighted by molar-refractivity contribution is 5.80. The van der Waals surface area contributed by atoms with Crippen molar-refractivity contribution in [2.75, 3.05) is 0 Å². The third-order valence-electron chi connectivity index (χ3n) is 4.20. The molecule has 118 valence electrons. The molecule has 4 nitrogen and oxygen atoms in total. The molecular formula is C15H16F3N3O. The van der Waals surface area contributed by atoms with Crippen LogP contribution in [0.5, 0.6) is 0 Å². The van der Waals surface area contributed by atoms with Crippen LogP contribution < -0.4 is 5.32 Å². The Morgan fingerprint density at radius 2 is 2.14 bits per heavy atom. The van der Waals surface area contributed by atoms with E-state index in [0.29, 0.717) is 11.3 Å². The van der Waals surface area contributed by atoms with Crippen LogP contribution in [0.3, 0.4) is 0 Å². The minimum absolute atomic E-state index is 0.00529. The van der Waals surface area contributed by atoms with Gasteiger partial charge in [0.1, 0.15) is 5.82 Å². The van der Waals surface area contributed by atoms with E-state index in [9.17, 15) is 18.0 Å². The molecule has 1 N–H and O–H groups in total. The lowest BCUT2D eigenvalue weighted by molar-refractivity contribution is -0.137. The van der Waals surface area contributed by atoms with Crippen LogP contribution in [0.2, 0.25) is 0 Å². The van der Waals surface area contributed by atoms with E-state index in [1.54, 1.807) is 11.6 Å². The van der Waals surface area contributed by atoms with Gasteiger partial charge in [0, 0.05) is 13.0 Å². The Hall–Kier alpha value is -2.05.